The number of benzene rings is 1. The van der Waals surface area contributed by atoms with Crippen molar-refractivity contribution in [1.29, 1.82) is 0 Å². The number of likely N-dealkylation sites (N-methyl/N-ethyl adjacent to an activating group) is 1. The summed E-state index contributed by atoms with van der Waals surface area (Å²) in [5.74, 6) is 1.27. The van der Waals surface area contributed by atoms with Crippen molar-refractivity contribution in [1.82, 2.24) is 5.32 Å². The molecule has 3 heteroatoms. The van der Waals surface area contributed by atoms with Gasteiger partial charge in [-0.05, 0) is 61.4 Å². The number of nitrogens with one attached hydrogen (secondary N) is 1. The molecular weight excluding hydrogens is 249 g/mol. The van der Waals surface area contributed by atoms with Crippen LogP contribution >= 0.6 is 11.6 Å². The summed E-state index contributed by atoms with van der Waals surface area (Å²) in [6, 6.07) is 5.16. The van der Waals surface area contributed by atoms with E-state index in [4.69, 9.17) is 11.6 Å². The maximum Gasteiger partial charge on any atom is 0.126 e. The van der Waals surface area contributed by atoms with Crippen LogP contribution in [0.25, 0.3) is 0 Å². The lowest BCUT2D eigenvalue weighted by atomic mass is 9.91. The molecule has 1 aromatic carbocycles. The Labute approximate surface area is 114 Å². The highest BCUT2D eigenvalue weighted by Crippen LogP contribution is 2.39. The molecule has 0 aliphatic heterocycles. The average Bonchev–Trinajstić information content (AvgIpc) is 3.16. The fourth-order valence-electron chi connectivity index (χ4n) is 2.59. The minimum atomic E-state index is -0.148. The first-order valence-corrected chi connectivity index (χ1v) is 7.17. The van der Waals surface area contributed by atoms with E-state index in [1.807, 2.05) is 0 Å². The van der Waals surface area contributed by atoms with Gasteiger partial charge in [-0.25, -0.2) is 4.39 Å². The van der Waals surface area contributed by atoms with Gasteiger partial charge >= 0.3 is 0 Å². The summed E-state index contributed by atoms with van der Waals surface area (Å²) in [4.78, 5) is 0. The van der Waals surface area contributed by atoms with E-state index in [0.717, 1.165) is 24.4 Å². The average molecular weight is 270 g/mol. The minimum absolute atomic E-state index is 0.148. The van der Waals surface area contributed by atoms with Crippen LogP contribution in [0.1, 0.15) is 32.3 Å². The molecule has 1 nitrogen and oxygen atoms in total. The van der Waals surface area contributed by atoms with Crippen LogP contribution < -0.4 is 5.32 Å². The highest BCUT2D eigenvalue weighted by Gasteiger charge is 2.33. The molecule has 0 heterocycles. The molecule has 0 spiro atoms. The molecule has 1 aromatic rings. The Balaban J connectivity index is 2.09. The first kappa shape index (κ1) is 13.8. The molecule has 0 aromatic heterocycles. The summed E-state index contributed by atoms with van der Waals surface area (Å²) in [5, 5.41) is 4.10. The van der Waals surface area contributed by atoms with E-state index in [1.54, 1.807) is 12.1 Å². The van der Waals surface area contributed by atoms with Crippen LogP contribution in [0.4, 0.5) is 4.39 Å². The van der Waals surface area contributed by atoms with Crippen molar-refractivity contribution in [3.05, 3.63) is 34.6 Å². The molecule has 0 bridgehead atoms. The Bertz CT molecular complexity index is 403. The van der Waals surface area contributed by atoms with Crippen LogP contribution in [-0.2, 0) is 6.42 Å². The predicted molar refractivity (Wildman–Crippen MR) is 74.5 cm³/mol. The van der Waals surface area contributed by atoms with Crippen LogP contribution in [0, 0.1) is 17.7 Å². The van der Waals surface area contributed by atoms with E-state index < -0.39 is 0 Å². The van der Waals surface area contributed by atoms with Gasteiger partial charge in [-0.2, -0.15) is 0 Å². The third-order valence-corrected chi connectivity index (χ3v) is 4.15. The zero-order valence-corrected chi connectivity index (χ0v) is 11.8. The molecule has 2 unspecified atom stereocenters. The summed E-state index contributed by atoms with van der Waals surface area (Å²) in [5.41, 5.74) is 0.723. The molecule has 1 saturated carbocycles. The summed E-state index contributed by atoms with van der Waals surface area (Å²) >= 11 is 5.94. The van der Waals surface area contributed by atoms with E-state index >= 15 is 0 Å². The molecular formula is C15H21ClFN. The van der Waals surface area contributed by atoms with E-state index in [2.05, 4.69) is 19.2 Å². The van der Waals surface area contributed by atoms with Crippen molar-refractivity contribution in [3.63, 3.8) is 0 Å². The monoisotopic (exact) mass is 269 g/mol. The number of halogens is 2. The Morgan fingerprint density at radius 1 is 1.44 bits per heavy atom. The Hall–Kier alpha value is -0.600. The van der Waals surface area contributed by atoms with Gasteiger partial charge in [0.05, 0.1) is 0 Å². The van der Waals surface area contributed by atoms with Gasteiger partial charge in [0.25, 0.3) is 0 Å². The normalized spacial score (nSPS) is 18.7. The second kappa shape index (κ2) is 6.03. The van der Waals surface area contributed by atoms with Gasteiger partial charge in [0.1, 0.15) is 5.82 Å². The van der Waals surface area contributed by atoms with E-state index in [1.165, 1.54) is 18.9 Å². The Kier molecular flexibility index (Phi) is 4.63. The van der Waals surface area contributed by atoms with Gasteiger partial charge in [0.2, 0.25) is 0 Å². The third kappa shape index (κ3) is 3.46. The summed E-state index contributed by atoms with van der Waals surface area (Å²) < 4.78 is 13.8. The van der Waals surface area contributed by atoms with Crippen molar-refractivity contribution < 1.29 is 4.39 Å². The van der Waals surface area contributed by atoms with E-state index in [9.17, 15) is 4.39 Å². The van der Waals surface area contributed by atoms with Crippen molar-refractivity contribution in [2.24, 2.45) is 11.8 Å². The first-order valence-electron chi connectivity index (χ1n) is 6.79. The number of hydrogen-bond acceptors (Lipinski definition) is 1. The fraction of sp³-hybridized carbons (Fsp3) is 0.600. The zero-order chi connectivity index (χ0) is 13.1. The first-order chi connectivity index (χ1) is 8.61. The molecule has 2 rings (SSSR count). The van der Waals surface area contributed by atoms with E-state index in [-0.39, 0.29) is 5.82 Å². The van der Waals surface area contributed by atoms with Gasteiger partial charge in [-0.3, -0.25) is 0 Å². The molecule has 0 radical (unpaired) electrons. The Morgan fingerprint density at radius 2 is 2.17 bits per heavy atom. The predicted octanol–water partition coefficient (Wildman–Crippen LogP) is 4.05. The van der Waals surface area contributed by atoms with Gasteiger partial charge in [-0.15, -0.1) is 0 Å². The molecule has 18 heavy (non-hydrogen) atoms. The molecule has 0 saturated heterocycles. The molecule has 0 amide bonds. The van der Waals surface area contributed by atoms with Crippen molar-refractivity contribution in [2.45, 2.75) is 39.2 Å². The highest BCUT2D eigenvalue weighted by atomic mass is 35.5. The number of hydrogen-bond donors (Lipinski definition) is 1. The van der Waals surface area contributed by atoms with Crippen LogP contribution in [0.3, 0.4) is 0 Å². The lowest BCUT2D eigenvalue weighted by Gasteiger charge is -2.25. The largest absolute Gasteiger partial charge is 0.314 e. The van der Waals surface area contributed by atoms with Gasteiger partial charge in [0.15, 0.2) is 0 Å². The van der Waals surface area contributed by atoms with Crippen molar-refractivity contribution in [2.75, 3.05) is 6.54 Å². The fourth-order valence-corrected chi connectivity index (χ4v) is 2.79. The van der Waals surface area contributed by atoms with Crippen molar-refractivity contribution >= 4 is 11.6 Å². The summed E-state index contributed by atoms with van der Waals surface area (Å²) in [6.07, 6.45) is 3.36. The number of rotatable bonds is 6. The Morgan fingerprint density at radius 3 is 2.78 bits per heavy atom. The maximum atomic E-state index is 13.8. The van der Waals surface area contributed by atoms with Gasteiger partial charge in [-0.1, -0.05) is 25.4 Å². The molecule has 1 N–H and O–H groups in total. The standard InChI is InChI=1S/C15H21ClFN/c1-3-18-15(10(2)11-4-5-11)9-12-8-13(16)6-7-14(12)17/h6-8,10-11,15,18H,3-5,9H2,1-2H3. The molecule has 1 aliphatic carbocycles. The van der Waals surface area contributed by atoms with Gasteiger partial charge < -0.3 is 5.32 Å². The van der Waals surface area contributed by atoms with Crippen LogP contribution in [0.15, 0.2) is 18.2 Å². The van der Waals surface area contributed by atoms with Crippen molar-refractivity contribution in [3.8, 4) is 0 Å². The van der Waals surface area contributed by atoms with Crippen LogP contribution in [0.2, 0.25) is 5.02 Å². The summed E-state index contributed by atoms with van der Waals surface area (Å²) in [6.45, 7) is 5.29. The lowest BCUT2D eigenvalue weighted by Crippen LogP contribution is -2.38. The van der Waals surface area contributed by atoms with Gasteiger partial charge in [0, 0.05) is 11.1 Å². The molecule has 1 fully saturated rings. The quantitative estimate of drug-likeness (QED) is 0.822. The van der Waals surface area contributed by atoms with Crippen LogP contribution in [-0.4, -0.2) is 12.6 Å². The molecule has 2 atom stereocenters. The lowest BCUT2D eigenvalue weighted by molar-refractivity contribution is 0.341. The zero-order valence-electron chi connectivity index (χ0n) is 11.0. The second-order valence-corrected chi connectivity index (χ2v) is 5.74. The third-order valence-electron chi connectivity index (χ3n) is 3.91. The maximum absolute atomic E-state index is 13.8. The van der Waals surface area contributed by atoms with E-state index in [0.29, 0.717) is 17.0 Å². The molecule has 100 valence electrons. The smallest absolute Gasteiger partial charge is 0.126 e. The topological polar surface area (TPSA) is 12.0 Å². The second-order valence-electron chi connectivity index (χ2n) is 5.30. The van der Waals surface area contributed by atoms with Crippen LogP contribution in [0.5, 0.6) is 0 Å². The SMILES string of the molecule is CCNC(Cc1cc(Cl)ccc1F)C(C)C1CC1. The highest BCUT2D eigenvalue weighted by molar-refractivity contribution is 6.30. The minimum Gasteiger partial charge on any atom is -0.314 e. The summed E-state index contributed by atoms with van der Waals surface area (Å²) in [7, 11) is 0. The molecule has 1 aliphatic rings.